The quantitative estimate of drug-likeness (QED) is 0.553. The second kappa shape index (κ2) is 8.95. The lowest BCUT2D eigenvalue weighted by atomic mass is 10.2. The van der Waals surface area contributed by atoms with Crippen LogP contribution in [0.1, 0.15) is 49.8 Å². The zero-order valence-electron chi connectivity index (χ0n) is 17.4. The Bertz CT molecular complexity index is 1100. The van der Waals surface area contributed by atoms with Crippen LogP contribution >= 0.6 is 11.3 Å². The van der Waals surface area contributed by atoms with Crippen LogP contribution in [0, 0.1) is 0 Å². The molecule has 0 fully saturated rings. The first kappa shape index (κ1) is 21.1. The molecule has 0 saturated heterocycles. The van der Waals surface area contributed by atoms with Gasteiger partial charge in [0.25, 0.3) is 0 Å². The van der Waals surface area contributed by atoms with E-state index in [0.717, 1.165) is 40.9 Å². The topological polar surface area (TPSA) is 81.0 Å². The van der Waals surface area contributed by atoms with E-state index in [1.54, 1.807) is 23.5 Å². The third-order valence-corrected chi connectivity index (χ3v) is 8.45. The summed E-state index contributed by atoms with van der Waals surface area (Å²) in [6.07, 6.45) is 5.26. The SMILES string of the molecule is CCN(CC)S(=O)(=O)c1ccc(-c2csc(Cc3nnc4n3CCCCC4)n2)cc1. The van der Waals surface area contributed by atoms with Gasteiger partial charge in [-0.3, -0.25) is 0 Å². The maximum atomic E-state index is 12.7. The molecule has 9 heteroatoms. The average Bonchev–Trinajstić information content (AvgIpc) is 3.29. The van der Waals surface area contributed by atoms with Crippen molar-refractivity contribution in [2.24, 2.45) is 0 Å². The molecule has 1 aromatic carbocycles. The fraction of sp³-hybridized carbons (Fsp3) is 0.476. The normalized spacial score (nSPS) is 14.6. The summed E-state index contributed by atoms with van der Waals surface area (Å²) in [5.41, 5.74) is 1.77. The van der Waals surface area contributed by atoms with Crippen molar-refractivity contribution in [3.05, 3.63) is 46.3 Å². The first-order chi connectivity index (χ1) is 14.5. The van der Waals surface area contributed by atoms with Gasteiger partial charge in [-0.25, -0.2) is 13.4 Å². The van der Waals surface area contributed by atoms with E-state index in [1.807, 2.05) is 31.4 Å². The number of benzene rings is 1. The number of thiazole rings is 1. The van der Waals surface area contributed by atoms with Crippen molar-refractivity contribution in [2.45, 2.75) is 57.4 Å². The lowest BCUT2D eigenvalue weighted by Gasteiger charge is -2.18. The van der Waals surface area contributed by atoms with Crippen molar-refractivity contribution in [3.63, 3.8) is 0 Å². The molecular formula is C21H27N5O2S2. The highest BCUT2D eigenvalue weighted by atomic mass is 32.2. The molecule has 3 heterocycles. The molecule has 3 aromatic rings. The molecule has 0 atom stereocenters. The minimum Gasteiger partial charge on any atom is -0.315 e. The van der Waals surface area contributed by atoms with Gasteiger partial charge in [-0.15, -0.1) is 21.5 Å². The molecule has 0 aliphatic carbocycles. The van der Waals surface area contributed by atoms with Crippen molar-refractivity contribution < 1.29 is 8.42 Å². The number of hydrogen-bond acceptors (Lipinski definition) is 6. The molecule has 0 saturated carbocycles. The van der Waals surface area contributed by atoms with Gasteiger partial charge in [0.05, 0.1) is 17.0 Å². The summed E-state index contributed by atoms with van der Waals surface area (Å²) in [5, 5.41) is 11.8. The van der Waals surface area contributed by atoms with Crippen LogP contribution in [0.25, 0.3) is 11.3 Å². The number of fused-ring (bicyclic) bond motifs is 1. The van der Waals surface area contributed by atoms with Gasteiger partial charge in [-0.2, -0.15) is 4.31 Å². The van der Waals surface area contributed by atoms with Crippen LogP contribution < -0.4 is 0 Å². The molecule has 160 valence electrons. The summed E-state index contributed by atoms with van der Waals surface area (Å²) in [5.74, 6) is 2.07. The highest BCUT2D eigenvalue weighted by Crippen LogP contribution is 2.26. The first-order valence-corrected chi connectivity index (χ1v) is 12.8. The summed E-state index contributed by atoms with van der Waals surface area (Å²) >= 11 is 1.60. The Morgan fingerprint density at radius 1 is 1.07 bits per heavy atom. The van der Waals surface area contributed by atoms with Crippen molar-refractivity contribution in [2.75, 3.05) is 13.1 Å². The minimum absolute atomic E-state index is 0.316. The molecular weight excluding hydrogens is 418 g/mol. The molecule has 0 radical (unpaired) electrons. The number of hydrogen-bond donors (Lipinski definition) is 0. The fourth-order valence-corrected chi connectivity index (χ4v) is 6.10. The summed E-state index contributed by atoms with van der Waals surface area (Å²) in [7, 11) is -3.44. The standard InChI is InChI=1S/C21H27N5O2S2/c1-3-25(4-2)30(27,28)17-11-9-16(10-12-17)18-15-29-21(22-18)14-20-24-23-19-8-6-5-7-13-26(19)20/h9-12,15H,3-8,13-14H2,1-2H3. The largest absolute Gasteiger partial charge is 0.315 e. The summed E-state index contributed by atoms with van der Waals surface area (Å²) in [6, 6.07) is 7.00. The van der Waals surface area contributed by atoms with Crippen molar-refractivity contribution in [1.82, 2.24) is 24.1 Å². The number of aromatic nitrogens is 4. The molecule has 1 aliphatic rings. The predicted octanol–water partition coefficient (Wildman–Crippen LogP) is 3.75. The average molecular weight is 446 g/mol. The Morgan fingerprint density at radius 2 is 1.83 bits per heavy atom. The van der Waals surface area contributed by atoms with Gasteiger partial charge < -0.3 is 4.57 Å². The molecule has 0 bridgehead atoms. The van der Waals surface area contributed by atoms with Crippen LogP contribution in [0.4, 0.5) is 0 Å². The van der Waals surface area contributed by atoms with Crippen LogP contribution in [0.5, 0.6) is 0 Å². The van der Waals surface area contributed by atoms with Crippen LogP contribution in [-0.2, 0) is 29.4 Å². The zero-order chi connectivity index (χ0) is 21.1. The van der Waals surface area contributed by atoms with E-state index in [0.29, 0.717) is 24.4 Å². The minimum atomic E-state index is -3.44. The van der Waals surface area contributed by atoms with Crippen LogP contribution in [0.3, 0.4) is 0 Å². The smallest absolute Gasteiger partial charge is 0.243 e. The van der Waals surface area contributed by atoms with Crippen LogP contribution in [0.15, 0.2) is 34.5 Å². The third-order valence-electron chi connectivity index (χ3n) is 5.54. The molecule has 4 rings (SSSR count). The van der Waals surface area contributed by atoms with E-state index < -0.39 is 10.0 Å². The predicted molar refractivity (Wildman–Crippen MR) is 118 cm³/mol. The lowest BCUT2D eigenvalue weighted by molar-refractivity contribution is 0.445. The lowest BCUT2D eigenvalue weighted by Crippen LogP contribution is -2.30. The van der Waals surface area contributed by atoms with E-state index in [9.17, 15) is 8.42 Å². The first-order valence-electron chi connectivity index (χ1n) is 10.5. The van der Waals surface area contributed by atoms with E-state index in [-0.39, 0.29) is 0 Å². The van der Waals surface area contributed by atoms with E-state index in [1.165, 1.54) is 23.6 Å². The second-order valence-corrected chi connectivity index (χ2v) is 10.3. The number of sulfonamides is 1. The van der Waals surface area contributed by atoms with Crippen molar-refractivity contribution in [1.29, 1.82) is 0 Å². The third kappa shape index (κ3) is 4.19. The monoisotopic (exact) mass is 445 g/mol. The summed E-state index contributed by atoms with van der Waals surface area (Å²) in [6.45, 7) is 5.60. The fourth-order valence-electron chi connectivity index (χ4n) is 3.85. The number of nitrogens with zero attached hydrogens (tertiary/aromatic N) is 5. The van der Waals surface area contributed by atoms with Gasteiger partial charge in [0.15, 0.2) is 0 Å². The highest BCUT2D eigenvalue weighted by molar-refractivity contribution is 7.89. The van der Waals surface area contributed by atoms with Gasteiger partial charge in [0.2, 0.25) is 10.0 Å². The Kier molecular flexibility index (Phi) is 6.31. The second-order valence-electron chi connectivity index (χ2n) is 7.41. The summed E-state index contributed by atoms with van der Waals surface area (Å²) < 4.78 is 29.0. The maximum absolute atomic E-state index is 12.7. The highest BCUT2D eigenvalue weighted by Gasteiger charge is 2.21. The van der Waals surface area contributed by atoms with Gasteiger partial charge in [0, 0.05) is 37.0 Å². The molecule has 7 nitrogen and oxygen atoms in total. The Balaban J connectivity index is 1.51. The molecule has 0 unspecified atom stereocenters. The van der Waals surface area contributed by atoms with Crippen molar-refractivity contribution >= 4 is 21.4 Å². The van der Waals surface area contributed by atoms with Crippen molar-refractivity contribution in [3.8, 4) is 11.3 Å². The van der Waals surface area contributed by atoms with E-state index in [2.05, 4.69) is 14.8 Å². The van der Waals surface area contributed by atoms with Gasteiger partial charge in [-0.05, 0) is 25.0 Å². The Morgan fingerprint density at radius 3 is 2.57 bits per heavy atom. The maximum Gasteiger partial charge on any atom is 0.243 e. The Hall–Kier alpha value is -2.10. The molecule has 0 spiro atoms. The van der Waals surface area contributed by atoms with Crippen LogP contribution in [-0.4, -0.2) is 45.6 Å². The zero-order valence-corrected chi connectivity index (χ0v) is 19.0. The molecule has 0 amide bonds. The molecule has 1 aliphatic heterocycles. The van der Waals surface area contributed by atoms with Gasteiger partial charge >= 0.3 is 0 Å². The molecule has 2 aromatic heterocycles. The van der Waals surface area contributed by atoms with E-state index >= 15 is 0 Å². The summed E-state index contributed by atoms with van der Waals surface area (Å²) in [4.78, 5) is 5.08. The number of aryl methyl sites for hydroxylation is 1. The van der Waals surface area contributed by atoms with Gasteiger partial charge in [-0.1, -0.05) is 32.4 Å². The van der Waals surface area contributed by atoms with Crippen LogP contribution in [0.2, 0.25) is 0 Å². The molecule has 0 N–H and O–H groups in total. The molecule has 30 heavy (non-hydrogen) atoms. The Labute approximate surface area is 181 Å². The number of rotatable bonds is 7. The van der Waals surface area contributed by atoms with E-state index in [4.69, 9.17) is 4.98 Å². The van der Waals surface area contributed by atoms with Gasteiger partial charge in [0.1, 0.15) is 16.7 Å².